The summed E-state index contributed by atoms with van der Waals surface area (Å²) in [5.74, 6) is 0.725. The Labute approximate surface area is 135 Å². The summed E-state index contributed by atoms with van der Waals surface area (Å²) in [7, 11) is 0. The highest BCUT2D eigenvalue weighted by Gasteiger charge is 2.16. The molecule has 1 fully saturated rings. The van der Waals surface area contributed by atoms with Crippen molar-refractivity contribution in [3.05, 3.63) is 54.2 Å². The Balaban J connectivity index is 1.60. The van der Waals surface area contributed by atoms with Crippen LogP contribution in [0.15, 0.2) is 43.0 Å². The van der Waals surface area contributed by atoms with E-state index in [1.54, 1.807) is 6.20 Å². The van der Waals surface area contributed by atoms with Crippen LogP contribution in [-0.4, -0.2) is 32.8 Å². The maximum Gasteiger partial charge on any atom is 0.0991 e. The van der Waals surface area contributed by atoms with Crippen molar-refractivity contribution in [2.24, 2.45) is 5.92 Å². The van der Waals surface area contributed by atoms with E-state index in [0.29, 0.717) is 0 Å². The van der Waals surface area contributed by atoms with Crippen molar-refractivity contribution in [1.82, 2.24) is 25.1 Å². The monoisotopic (exact) mass is 307 g/mol. The molecule has 0 radical (unpaired) electrons. The molecule has 0 bridgehead atoms. The first kappa shape index (κ1) is 14.2. The number of hydrogen-bond acceptors (Lipinski definition) is 3. The molecule has 1 saturated heterocycles. The van der Waals surface area contributed by atoms with Crippen LogP contribution in [0.3, 0.4) is 0 Å². The number of benzene rings is 1. The number of H-pyrrole nitrogens is 1. The molecule has 5 nitrogen and oxygen atoms in total. The predicted molar refractivity (Wildman–Crippen MR) is 90.6 cm³/mol. The first-order valence-corrected chi connectivity index (χ1v) is 8.14. The van der Waals surface area contributed by atoms with Crippen molar-refractivity contribution in [3.8, 4) is 16.9 Å². The highest BCUT2D eigenvalue weighted by molar-refractivity contribution is 5.64. The number of aromatic nitrogens is 4. The summed E-state index contributed by atoms with van der Waals surface area (Å²) in [5, 5.41) is 11.1. The molecule has 0 unspecified atom stereocenters. The van der Waals surface area contributed by atoms with E-state index in [1.807, 2.05) is 17.1 Å². The van der Waals surface area contributed by atoms with Crippen molar-refractivity contribution < 1.29 is 0 Å². The fourth-order valence-corrected chi connectivity index (χ4v) is 3.26. The van der Waals surface area contributed by atoms with Crippen LogP contribution in [0.4, 0.5) is 0 Å². The van der Waals surface area contributed by atoms with Gasteiger partial charge in [-0.25, -0.2) is 4.98 Å². The van der Waals surface area contributed by atoms with Crippen molar-refractivity contribution >= 4 is 0 Å². The quantitative estimate of drug-likeness (QED) is 0.779. The van der Waals surface area contributed by atoms with Crippen molar-refractivity contribution in [1.29, 1.82) is 0 Å². The van der Waals surface area contributed by atoms with Crippen LogP contribution in [0.1, 0.15) is 17.7 Å². The van der Waals surface area contributed by atoms with Gasteiger partial charge in [-0.05, 0) is 56.5 Å². The minimum Gasteiger partial charge on any atom is -0.316 e. The molecule has 0 aliphatic carbocycles. The zero-order chi connectivity index (χ0) is 15.6. The van der Waals surface area contributed by atoms with E-state index in [1.165, 1.54) is 17.7 Å². The van der Waals surface area contributed by atoms with Crippen molar-refractivity contribution in [2.45, 2.75) is 19.8 Å². The van der Waals surface area contributed by atoms with Crippen LogP contribution in [0, 0.1) is 12.8 Å². The van der Waals surface area contributed by atoms with E-state index < -0.39 is 0 Å². The summed E-state index contributed by atoms with van der Waals surface area (Å²) in [6, 6.07) is 8.63. The van der Waals surface area contributed by atoms with E-state index in [9.17, 15) is 0 Å². The third-order valence-corrected chi connectivity index (χ3v) is 4.59. The van der Waals surface area contributed by atoms with Crippen molar-refractivity contribution in [2.75, 3.05) is 13.1 Å². The lowest BCUT2D eigenvalue weighted by Gasteiger charge is -2.08. The fraction of sp³-hybridized carbons (Fsp3) is 0.333. The van der Waals surface area contributed by atoms with Gasteiger partial charge in [-0.1, -0.05) is 12.1 Å². The molecule has 0 spiro atoms. The van der Waals surface area contributed by atoms with Gasteiger partial charge in [0.25, 0.3) is 0 Å². The van der Waals surface area contributed by atoms with E-state index in [2.05, 4.69) is 51.7 Å². The molecule has 1 atom stereocenters. The van der Waals surface area contributed by atoms with Gasteiger partial charge in [0.2, 0.25) is 0 Å². The van der Waals surface area contributed by atoms with E-state index in [4.69, 9.17) is 0 Å². The summed E-state index contributed by atoms with van der Waals surface area (Å²) in [6.07, 6.45) is 7.92. The van der Waals surface area contributed by atoms with Crippen LogP contribution in [0.25, 0.3) is 16.9 Å². The summed E-state index contributed by atoms with van der Waals surface area (Å²) in [4.78, 5) is 4.14. The molecule has 2 N–H and O–H groups in total. The summed E-state index contributed by atoms with van der Waals surface area (Å²) >= 11 is 0. The second kappa shape index (κ2) is 6.01. The highest BCUT2D eigenvalue weighted by Crippen LogP contribution is 2.25. The van der Waals surface area contributed by atoms with Gasteiger partial charge >= 0.3 is 0 Å². The second-order valence-electron chi connectivity index (χ2n) is 6.31. The lowest BCUT2D eigenvalue weighted by Crippen LogP contribution is -2.10. The molecular weight excluding hydrogens is 286 g/mol. The minimum atomic E-state index is 0.725. The van der Waals surface area contributed by atoms with Crippen LogP contribution >= 0.6 is 0 Å². The Morgan fingerprint density at radius 1 is 1.30 bits per heavy atom. The standard InChI is InChI=1S/C18H21N5/c1-13-2-3-15(9-18(13)23-7-6-20-12-23)17-10-16(21-22-17)8-14-4-5-19-11-14/h2-3,6-7,9-10,12,14,19H,4-5,8,11H2,1H3,(H,21,22)/t14-/m1/s1. The first-order valence-electron chi connectivity index (χ1n) is 8.14. The number of rotatable bonds is 4. The summed E-state index contributed by atoms with van der Waals surface area (Å²) < 4.78 is 2.04. The molecule has 3 aromatic rings. The van der Waals surface area contributed by atoms with Gasteiger partial charge in [0, 0.05) is 23.7 Å². The topological polar surface area (TPSA) is 58.5 Å². The molecule has 1 aliphatic heterocycles. The molecule has 118 valence electrons. The summed E-state index contributed by atoms with van der Waals surface area (Å²) in [6.45, 7) is 4.36. The third kappa shape index (κ3) is 2.92. The number of aromatic amines is 1. The van der Waals surface area contributed by atoms with Gasteiger partial charge in [-0.15, -0.1) is 0 Å². The van der Waals surface area contributed by atoms with Gasteiger partial charge in [0.05, 0.1) is 17.7 Å². The predicted octanol–water partition coefficient (Wildman–Crippen LogP) is 2.72. The van der Waals surface area contributed by atoms with E-state index in [0.717, 1.165) is 42.4 Å². The molecular formula is C18H21N5. The molecule has 3 heterocycles. The number of aryl methyl sites for hydroxylation is 1. The smallest absolute Gasteiger partial charge is 0.0991 e. The van der Waals surface area contributed by atoms with E-state index >= 15 is 0 Å². The molecule has 0 saturated carbocycles. The number of imidazole rings is 1. The van der Waals surface area contributed by atoms with Crippen LogP contribution in [-0.2, 0) is 6.42 Å². The average Bonchev–Trinajstić information content (AvgIpc) is 3.31. The van der Waals surface area contributed by atoms with Crippen LogP contribution in [0.2, 0.25) is 0 Å². The molecule has 0 amide bonds. The second-order valence-corrected chi connectivity index (χ2v) is 6.31. The highest BCUT2D eigenvalue weighted by atomic mass is 15.1. The largest absolute Gasteiger partial charge is 0.316 e. The molecule has 1 aromatic carbocycles. The fourth-order valence-electron chi connectivity index (χ4n) is 3.26. The Bertz CT molecular complexity index is 782. The minimum absolute atomic E-state index is 0.725. The van der Waals surface area contributed by atoms with Gasteiger partial charge in [0.1, 0.15) is 0 Å². The Morgan fingerprint density at radius 3 is 3.04 bits per heavy atom. The zero-order valence-corrected chi connectivity index (χ0v) is 13.3. The SMILES string of the molecule is Cc1ccc(-c2cc(C[C@H]3CCNC3)[nH]n2)cc1-n1ccnc1. The number of hydrogen-bond donors (Lipinski definition) is 2. The van der Waals surface area contributed by atoms with Gasteiger partial charge < -0.3 is 9.88 Å². The Kier molecular flexibility index (Phi) is 3.71. The van der Waals surface area contributed by atoms with Crippen LogP contribution in [0.5, 0.6) is 0 Å². The normalized spacial score (nSPS) is 17.7. The van der Waals surface area contributed by atoms with Gasteiger partial charge in [-0.2, -0.15) is 5.10 Å². The first-order chi connectivity index (χ1) is 11.3. The molecule has 5 heteroatoms. The maximum absolute atomic E-state index is 4.51. The Hall–Kier alpha value is -2.40. The van der Waals surface area contributed by atoms with E-state index in [-0.39, 0.29) is 0 Å². The average molecular weight is 307 g/mol. The molecule has 23 heavy (non-hydrogen) atoms. The van der Waals surface area contributed by atoms with Gasteiger partial charge in [0.15, 0.2) is 0 Å². The number of nitrogens with zero attached hydrogens (tertiary/aromatic N) is 3. The Morgan fingerprint density at radius 2 is 2.26 bits per heavy atom. The van der Waals surface area contributed by atoms with Crippen molar-refractivity contribution in [3.63, 3.8) is 0 Å². The third-order valence-electron chi connectivity index (χ3n) is 4.59. The summed E-state index contributed by atoms with van der Waals surface area (Å²) in [5.41, 5.74) is 5.72. The van der Waals surface area contributed by atoms with Crippen LogP contribution < -0.4 is 5.32 Å². The lowest BCUT2D eigenvalue weighted by atomic mass is 10.0. The lowest BCUT2D eigenvalue weighted by molar-refractivity contribution is 0.571. The molecule has 2 aromatic heterocycles. The zero-order valence-electron chi connectivity index (χ0n) is 13.3. The molecule has 4 rings (SSSR count). The molecule has 1 aliphatic rings. The maximum atomic E-state index is 4.51. The number of nitrogens with one attached hydrogen (secondary N) is 2. The van der Waals surface area contributed by atoms with Gasteiger partial charge in [-0.3, -0.25) is 5.10 Å².